The standard InChI is InChI=1S/C16H22N2O4/c1-12(16(19)17-13-7-4-2-3-5-8-13)22-15-10-6-9-14(11-15)18(20)21/h6,9-13H,2-5,7-8H2,1H3,(H,17,19)/t12-/m1/s1. The van der Waals surface area contributed by atoms with Crippen molar-refractivity contribution < 1.29 is 14.5 Å². The number of carbonyl (C=O) groups is 1. The fourth-order valence-corrected chi connectivity index (χ4v) is 2.67. The maximum Gasteiger partial charge on any atom is 0.273 e. The van der Waals surface area contributed by atoms with Gasteiger partial charge in [0.2, 0.25) is 0 Å². The summed E-state index contributed by atoms with van der Waals surface area (Å²) in [7, 11) is 0. The average molecular weight is 306 g/mol. The summed E-state index contributed by atoms with van der Waals surface area (Å²) >= 11 is 0. The van der Waals surface area contributed by atoms with E-state index in [1.165, 1.54) is 25.0 Å². The molecule has 0 aliphatic heterocycles. The van der Waals surface area contributed by atoms with Crippen molar-refractivity contribution in [2.75, 3.05) is 0 Å². The number of carbonyl (C=O) groups excluding carboxylic acids is 1. The van der Waals surface area contributed by atoms with E-state index in [1.54, 1.807) is 19.1 Å². The highest BCUT2D eigenvalue weighted by atomic mass is 16.6. The summed E-state index contributed by atoms with van der Waals surface area (Å²) in [6, 6.07) is 6.09. The maximum atomic E-state index is 12.2. The summed E-state index contributed by atoms with van der Waals surface area (Å²) in [6.07, 6.45) is 6.09. The van der Waals surface area contributed by atoms with Crippen LogP contribution in [0.4, 0.5) is 5.69 Å². The van der Waals surface area contributed by atoms with Crippen LogP contribution < -0.4 is 10.1 Å². The fraction of sp³-hybridized carbons (Fsp3) is 0.562. The van der Waals surface area contributed by atoms with Crippen molar-refractivity contribution in [2.24, 2.45) is 0 Å². The van der Waals surface area contributed by atoms with Crippen LogP contribution in [-0.2, 0) is 4.79 Å². The molecule has 1 N–H and O–H groups in total. The molecule has 120 valence electrons. The van der Waals surface area contributed by atoms with Crippen LogP contribution in [0.2, 0.25) is 0 Å². The molecule has 1 amide bonds. The van der Waals surface area contributed by atoms with Crippen molar-refractivity contribution in [3.05, 3.63) is 34.4 Å². The quantitative estimate of drug-likeness (QED) is 0.514. The van der Waals surface area contributed by atoms with Gasteiger partial charge in [0.1, 0.15) is 5.75 Å². The summed E-state index contributed by atoms with van der Waals surface area (Å²) in [6.45, 7) is 1.66. The molecule has 0 unspecified atom stereocenters. The first-order valence-electron chi connectivity index (χ1n) is 7.78. The summed E-state index contributed by atoms with van der Waals surface area (Å²) in [5, 5.41) is 13.8. The second kappa shape index (κ2) is 7.77. The number of benzene rings is 1. The van der Waals surface area contributed by atoms with Gasteiger partial charge >= 0.3 is 0 Å². The van der Waals surface area contributed by atoms with Gasteiger partial charge in [0.15, 0.2) is 6.10 Å². The molecule has 0 saturated heterocycles. The van der Waals surface area contributed by atoms with Crippen LogP contribution in [0.5, 0.6) is 5.75 Å². The van der Waals surface area contributed by atoms with Crippen molar-refractivity contribution in [1.82, 2.24) is 5.32 Å². The molecular formula is C16H22N2O4. The zero-order valence-electron chi connectivity index (χ0n) is 12.8. The van der Waals surface area contributed by atoms with E-state index in [2.05, 4.69) is 5.32 Å². The van der Waals surface area contributed by atoms with Gasteiger partial charge in [0.05, 0.1) is 11.0 Å². The van der Waals surface area contributed by atoms with Crippen LogP contribution in [0.15, 0.2) is 24.3 Å². The van der Waals surface area contributed by atoms with Crippen LogP contribution in [0.1, 0.15) is 45.4 Å². The summed E-state index contributed by atoms with van der Waals surface area (Å²) in [5.74, 6) is 0.163. The molecule has 0 bridgehead atoms. The first-order valence-corrected chi connectivity index (χ1v) is 7.78. The molecule has 0 heterocycles. The molecule has 6 nitrogen and oxygen atoms in total. The Morgan fingerprint density at radius 1 is 1.32 bits per heavy atom. The van der Waals surface area contributed by atoms with Crippen LogP contribution >= 0.6 is 0 Å². The first kappa shape index (κ1) is 16.3. The minimum Gasteiger partial charge on any atom is -0.481 e. The highest BCUT2D eigenvalue weighted by molar-refractivity contribution is 5.81. The van der Waals surface area contributed by atoms with Gasteiger partial charge in [0, 0.05) is 12.1 Å². The number of nitrogens with one attached hydrogen (secondary N) is 1. The lowest BCUT2D eigenvalue weighted by Gasteiger charge is -2.20. The molecule has 1 saturated carbocycles. The van der Waals surface area contributed by atoms with E-state index in [4.69, 9.17) is 4.74 Å². The zero-order valence-corrected chi connectivity index (χ0v) is 12.8. The van der Waals surface area contributed by atoms with E-state index in [1.807, 2.05) is 0 Å². The van der Waals surface area contributed by atoms with Crippen LogP contribution in [0, 0.1) is 10.1 Å². The largest absolute Gasteiger partial charge is 0.481 e. The molecule has 0 spiro atoms. The van der Waals surface area contributed by atoms with Crippen molar-refractivity contribution in [2.45, 2.75) is 57.6 Å². The number of non-ortho nitro benzene ring substituents is 1. The minimum absolute atomic E-state index is 0.0473. The summed E-state index contributed by atoms with van der Waals surface area (Å²) in [4.78, 5) is 22.4. The van der Waals surface area contributed by atoms with Crippen LogP contribution in [0.25, 0.3) is 0 Å². The van der Waals surface area contributed by atoms with Gasteiger partial charge in [-0.05, 0) is 25.8 Å². The number of amides is 1. The predicted octanol–water partition coefficient (Wildman–Crippen LogP) is 3.20. The highest BCUT2D eigenvalue weighted by Gasteiger charge is 2.20. The smallest absolute Gasteiger partial charge is 0.273 e. The van der Waals surface area contributed by atoms with Gasteiger partial charge in [-0.1, -0.05) is 31.7 Å². The number of nitro benzene ring substituents is 1. The van der Waals surface area contributed by atoms with Crippen LogP contribution in [0.3, 0.4) is 0 Å². The predicted molar refractivity (Wildman–Crippen MR) is 82.8 cm³/mol. The van der Waals surface area contributed by atoms with Gasteiger partial charge in [-0.3, -0.25) is 14.9 Å². The molecule has 1 atom stereocenters. The molecule has 1 aromatic rings. The third-order valence-corrected chi connectivity index (χ3v) is 3.91. The molecule has 1 aliphatic carbocycles. The van der Waals surface area contributed by atoms with Crippen LogP contribution in [-0.4, -0.2) is 23.0 Å². The van der Waals surface area contributed by atoms with Gasteiger partial charge in [-0.25, -0.2) is 0 Å². The zero-order chi connectivity index (χ0) is 15.9. The second-order valence-corrected chi connectivity index (χ2v) is 5.71. The van der Waals surface area contributed by atoms with Crippen molar-refractivity contribution in [3.8, 4) is 5.75 Å². The average Bonchev–Trinajstić information content (AvgIpc) is 2.76. The molecule has 2 rings (SSSR count). The Kier molecular flexibility index (Phi) is 5.75. The Bertz CT molecular complexity index is 525. The summed E-state index contributed by atoms with van der Waals surface area (Å²) < 4.78 is 5.52. The van der Waals surface area contributed by atoms with E-state index in [-0.39, 0.29) is 17.6 Å². The van der Waals surface area contributed by atoms with E-state index in [0.717, 1.165) is 25.7 Å². The topological polar surface area (TPSA) is 81.5 Å². The Morgan fingerprint density at radius 3 is 2.64 bits per heavy atom. The fourth-order valence-electron chi connectivity index (χ4n) is 2.67. The Balaban J connectivity index is 1.90. The molecule has 0 aromatic heterocycles. The third kappa shape index (κ3) is 4.72. The van der Waals surface area contributed by atoms with Gasteiger partial charge in [0.25, 0.3) is 11.6 Å². The Labute approximate surface area is 130 Å². The lowest BCUT2D eigenvalue weighted by atomic mass is 10.1. The molecule has 0 radical (unpaired) electrons. The maximum absolute atomic E-state index is 12.2. The molecule has 6 heteroatoms. The Hall–Kier alpha value is -2.11. The summed E-state index contributed by atoms with van der Waals surface area (Å²) in [5.41, 5.74) is -0.0473. The second-order valence-electron chi connectivity index (χ2n) is 5.71. The Morgan fingerprint density at radius 2 is 2.00 bits per heavy atom. The molecule has 1 aromatic carbocycles. The normalized spacial score (nSPS) is 17.3. The molecule has 22 heavy (non-hydrogen) atoms. The van der Waals surface area contributed by atoms with Gasteiger partial charge in [-0.2, -0.15) is 0 Å². The number of hydrogen-bond donors (Lipinski definition) is 1. The number of rotatable bonds is 5. The lowest BCUT2D eigenvalue weighted by Crippen LogP contribution is -2.42. The first-order chi connectivity index (χ1) is 10.6. The highest BCUT2D eigenvalue weighted by Crippen LogP contribution is 2.21. The number of hydrogen-bond acceptors (Lipinski definition) is 4. The molecule has 1 aliphatic rings. The van der Waals surface area contributed by atoms with Crippen molar-refractivity contribution in [3.63, 3.8) is 0 Å². The SMILES string of the molecule is C[C@@H](Oc1cccc([N+](=O)[O-])c1)C(=O)NC1CCCCCC1. The molecular weight excluding hydrogens is 284 g/mol. The number of nitro groups is 1. The van der Waals surface area contributed by atoms with E-state index in [0.29, 0.717) is 5.75 Å². The van der Waals surface area contributed by atoms with E-state index < -0.39 is 11.0 Å². The van der Waals surface area contributed by atoms with Crippen molar-refractivity contribution >= 4 is 11.6 Å². The van der Waals surface area contributed by atoms with E-state index >= 15 is 0 Å². The minimum atomic E-state index is -0.676. The number of ether oxygens (including phenoxy) is 1. The van der Waals surface area contributed by atoms with E-state index in [9.17, 15) is 14.9 Å². The molecule has 1 fully saturated rings. The van der Waals surface area contributed by atoms with Crippen molar-refractivity contribution in [1.29, 1.82) is 0 Å². The lowest BCUT2D eigenvalue weighted by molar-refractivity contribution is -0.384. The van der Waals surface area contributed by atoms with Gasteiger partial charge in [-0.15, -0.1) is 0 Å². The number of nitrogens with zero attached hydrogens (tertiary/aromatic N) is 1. The monoisotopic (exact) mass is 306 g/mol. The third-order valence-electron chi connectivity index (χ3n) is 3.91. The van der Waals surface area contributed by atoms with Gasteiger partial charge < -0.3 is 10.1 Å².